The lowest BCUT2D eigenvalue weighted by atomic mass is 10.1. The number of rotatable bonds is 5. The van der Waals surface area contributed by atoms with Gasteiger partial charge in [-0.2, -0.15) is 0 Å². The monoisotopic (exact) mass is 256 g/mol. The predicted octanol–water partition coefficient (Wildman–Crippen LogP) is 2.08. The topological polar surface area (TPSA) is 64.3 Å². The number of methoxy groups -OCH3 is 1. The molecule has 1 atom stereocenters. The van der Waals surface area contributed by atoms with Crippen molar-refractivity contribution in [1.29, 1.82) is 0 Å². The molecule has 1 aromatic carbocycles. The highest BCUT2D eigenvalue weighted by atomic mass is 35.5. The van der Waals surface area contributed by atoms with Crippen LogP contribution in [0.2, 0.25) is 5.02 Å². The summed E-state index contributed by atoms with van der Waals surface area (Å²) >= 11 is 5.86. The molecular weight excluding hydrogens is 240 g/mol. The molecular formula is C12H17ClN2O2. The molecule has 0 radical (unpaired) electrons. The van der Waals surface area contributed by atoms with Gasteiger partial charge in [0.05, 0.1) is 23.4 Å². The van der Waals surface area contributed by atoms with Crippen molar-refractivity contribution in [3.05, 3.63) is 28.8 Å². The number of hydrogen-bond donors (Lipinski definition) is 2. The van der Waals surface area contributed by atoms with Gasteiger partial charge in [-0.05, 0) is 24.6 Å². The van der Waals surface area contributed by atoms with E-state index in [1.807, 2.05) is 6.92 Å². The largest absolute Gasteiger partial charge is 0.398 e. The highest BCUT2D eigenvalue weighted by Crippen LogP contribution is 2.19. The van der Waals surface area contributed by atoms with Crippen molar-refractivity contribution in [2.24, 2.45) is 0 Å². The van der Waals surface area contributed by atoms with E-state index in [0.717, 1.165) is 6.42 Å². The van der Waals surface area contributed by atoms with E-state index in [2.05, 4.69) is 5.32 Å². The molecule has 0 spiro atoms. The normalized spacial score (nSPS) is 12.2. The number of hydrogen-bond acceptors (Lipinski definition) is 3. The maximum atomic E-state index is 11.9. The summed E-state index contributed by atoms with van der Waals surface area (Å²) in [7, 11) is 1.61. The fourth-order valence-electron chi connectivity index (χ4n) is 1.40. The Balaban J connectivity index is 2.72. The zero-order chi connectivity index (χ0) is 12.8. The van der Waals surface area contributed by atoms with Gasteiger partial charge in [0, 0.05) is 12.7 Å². The van der Waals surface area contributed by atoms with E-state index < -0.39 is 0 Å². The lowest BCUT2D eigenvalue weighted by molar-refractivity contribution is 0.0894. The summed E-state index contributed by atoms with van der Waals surface area (Å²) in [5, 5.41) is 3.25. The number of carbonyl (C=O) groups excluding carboxylic acids is 1. The number of nitrogen functional groups attached to an aromatic ring is 1. The molecule has 0 saturated carbocycles. The van der Waals surface area contributed by atoms with Crippen LogP contribution in [0.4, 0.5) is 5.69 Å². The van der Waals surface area contributed by atoms with E-state index in [4.69, 9.17) is 22.1 Å². The molecule has 94 valence electrons. The number of amides is 1. The molecule has 17 heavy (non-hydrogen) atoms. The maximum absolute atomic E-state index is 11.9. The summed E-state index contributed by atoms with van der Waals surface area (Å²) in [4.78, 5) is 11.9. The van der Waals surface area contributed by atoms with Crippen LogP contribution in [0, 0.1) is 0 Å². The molecule has 0 aliphatic heterocycles. The molecule has 0 aliphatic rings. The second kappa shape index (κ2) is 6.47. The van der Waals surface area contributed by atoms with E-state index in [9.17, 15) is 4.79 Å². The molecule has 4 nitrogen and oxygen atoms in total. The van der Waals surface area contributed by atoms with Crippen LogP contribution in [0.1, 0.15) is 23.7 Å². The number of nitrogens with two attached hydrogens (primary N) is 1. The Bertz CT molecular complexity index is 396. The van der Waals surface area contributed by atoms with Crippen molar-refractivity contribution in [3.63, 3.8) is 0 Å². The first-order chi connectivity index (χ1) is 8.08. The Kier molecular flexibility index (Phi) is 5.25. The van der Waals surface area contributed by atoms with Crippen LogP contribution in [-0.2, 0) is 4.74 Å². The van der Waals surface area contributed by atoms with Crippen LogP contribution >= 0.6 is 11.6 Å². The van der Waals surface area contributed by atoms with E-state index >= 15 is 0 Å². The number of carbonyl (C=O) groups is 1. The summed E-state index contributed by atoms with van der Waals surface area (Å²) < 4.78 is 5.01. The fraction of sp³-hybridized carbons (Fsp3) is 0.417. The summed E-state index contributed by atoms with van der Waals surface area (Å²) in [5.41, 5.74) is 6.54. The first kappa shape index (κ1) is 13.8. The van der Waals surface area contributed by atoms with E-state index in [1.54, 1.807) is 25.3 Å². The SMILES string of the molecule is CCC(COC)NC(=O)c1ccc(N)c(Cl)c1. The Labute approximate surface area is 106 Å². The maximum Gasteiger partial charge on any atom is 0.251 e. The number of halogens is 1. The minimum atomic E-state index is -0.171. The Morgan fingerprint density at radius 3 is 2.82 bits per heavy atom. The summed E-state index contributed by atoms with van der Waals surface area (Å²) in [6.45, 7) is 2.48. The van der Waals surface area contributed by atoms with Gasteiger partial charge in [-0.15, -0.1) is 0 Å². The zero-order valence-corrected chi connectivity index (χ0v) is 10.8. The van der Waals surface area contributed by atoms with Crippen LogP contribution in [0.3, 0.4) is 0 Å². The van der Waals surface area contributed by atoms with Crippen molar-refractivity contribution >= 4 is 23.2 Å². The summed E-state index contributed by atoms with van der Waals surface area (Å²) in [6.07, 6.45) is 0.808. The summed E-state index contributed by atoms with van der Waals surface area (Å²) in [6, 6.07) is 4.83. The second-order valence-corrected chi connectivity index (χ2v) is 4.18. The van der Waals surface area contributed by atoms with Gasteiger partial charge in [-0.1, -0.05) is 18.5 Å². The van der Waals surface area contributed by atoms with Gasteiger partial charge in [0.25, 0.3) is 5.91 Å². The van der Waals surface area contributed by atoms with E-state index in [-0.39, 0.29) is 11.9 Å². The van der Waals surface area contributed by atoms with Crippen molar-refractivity contribution in [3.8, 4) is 0 Å². The molecule has 0 saturated heterocycles. The first-order valence-corrected chi connectivity index (χ1v) is 5.81. The quantitative estimate of drug-likeness (QED) is 0.793. The van der Waals surface area contributed by atoms with Gasteiger partial charge in [0.15, 0.2) is 0 Å². The van der Waals surface area contributed by atoms with Gasteiger partial charge in [-0.3, -0.25) is 4.79 Å². The lowest BCUT2D eigenvalue weighted by Crippen LogP contribution is -2.37. The molecule has 1 amide bonds. The third-order valence-electron chi connectivity index (χ3n) is 2.46. The smallest absolute Gasteiger partial charge is 0.251 e. The van der Waals surface area contributed by atoms with Gasteiger partial charge in [0.1, 0.15) is 0 Å². The molecule has 0 heterocycles. The van der Waals surface area contributed by atoms with Gasteiger partial charge in [-0.25, -0.2) is 0 Å². The average Bonchev–Trinajstić information content (AvgIpc) is 2.31. The van der Waals surface area contributed by atoms with Gasteiger partial charge in [0.2, 0.25) is 0 Å². The lowest BCUT2D eigenvalue weighted by Gasteiger charge is -2.16. The van der Waals surface area contributed by atoms with E-state index in [0.29, 0.717) is 22.9 Å². The highest BCUT2D eigenvalue weighted by molar-refractivity contribution is 6.33. The highest BCUT2D eigenvalue weighted by Gasteiger charge is 2.12. The van der Waals surface area contributed by atoms with Crippen molar-refractivity contribution in [2.45, 2.75) is 19.4 Å². The standard InChI is InChI=1S/C12H17ClN2O2/c1-3-9(7-17-2)15-12(16)8-4-5-11(14)10(13)6-8/h4-6,9H,3,7,14H2,1-2H3,(H,15,16). The first-order valence-electron chi connectivity index (χ1n) is 5.43. The third kappa shape index (κ3) is 3.91. The van der Waals surface area contributed by atoms with E-state index in [1.165, 1.54) is 0 Å². The molecule has 0 bridgehead atoms. The number of anilines is 1. The molecule has 0 fully saturated rings. The Hall–Kier alpha value is -1.26. The number of nitrogens with one attached hydrogen (secondary N) is 1. The third-order valence-corrected chi connectivity index (χ3v) is 2.79. The molecule has 3 N–H and O–H groups in total. The average molecular weight is 257 g/mol. The Morgan fingerprint density at radius 1 is 1.59 bits per heavy atom. The number of benzene rings is 1. The van der Waals surface area contributed by atoms with Crippen molar-refractivity contribution < 1.29 is 9.53 Å². The second-order valence-electron chi connectivity index (χ2n) is 3.77. The van der Waals surface area contributed by atoms with Crippen LogP contribution in [0.5, 0.6) is 0 Å². The Morgan fingerprint density at radius 2 is 2.29 bits per heavy atom. The fourth-order valence-corrected chi connectivity index (χ4v) is 1.58. The molecule has 0 aliphatic carbocycles. The minimum Gasteiger partial charge on any atom is -0.398 e. The van der Waals surface area contributed by atoms with Crippen molar-refractivity contribution in [2.75, 3.05) is 19.5 Å². The van der Waals surface area contributed by atoms with Crippen LogP contribution < -0.4 is 11.1 Å². The molecule has 0 aromatic heterocycles. The number of ether oxygens (including phenoxy) is 1. The minimum absolute atomic E-state index is 0.00354. The molecule has 1 aromatic rings. The predicted molar refractivity (Wildman–Crippen MR) is 69.3 cm³/mol. The van der Waals surface area contributed by atoms with Crippen molar-refractivity contribution in [1.82, 2.24) is 5.32 Å². The van der Waals surface area contributed by atoms with Gasteiger partial charge < -0.3 is 15.8 Å². The van der Waals surface area contributed by atoms with Crippen LogP contribution in [-0.4, -0.2) is 25.7 Å². The molecule has 1 rings (SSSR count). The summed E-state index contributed by atoms with van der Waals surface area (Å²) in [5.74, 6) is -0.171. The molecule has 5 heteroatoms. The van der Waals surface area contributed by atoms with Crippen LogP contribution in [0.15, 0.2) is 18.2 Å². The zero-order valence-electron chi connectivity index (χ0n) is 10.00. The molecule has 1 unspecified atom stereocenters. The van der Waals surface area contributed by atoms with Gasteiger partial charge >= 0.3 is 0 Å². The van der Waals surface area contributed by atoms with Crippen LogP contribution in [0.25, 0.3) is 0 Å².